The molecule has 2 amide bonds. The number of aliphatic carboxylic acids is 1. The average Bonchev–Trinajstić information content (AvgIpc) is 2.29. The van der Waals surface area contributed by atoms with Crippen LogP contribution in [0.4, 0.5) is 4.79 Å². The lowest BCUT2D eigenvalue weighted by Crippen LogP contribution is -2.43. The molecule has 0 aromatic carbocycles. The summed E-state index contributed by atoms with van der Waals surface area (Å²) in [5.74, 6) is -0.974. The van der Waals surface area contributed by atoms with Gasteiger partial charge in [-0.3, -0.25) is 4.79 Å². The first-order chi connectivity index (χ1) is 7.63. The minimum Gasteiger partial charge on any atom is -0.481 e. The number of carbonyl (C=O) groups is 2. The van der Waals surface area contributed by atoms with Gasteiger partial charge in [-0.1, -0.05) is 0 Å². The number of hydrogen-bond donors (Lipinski definition) is 3. The Balaban J connectivity index is 2.21. The van der Waals surface area contributed by atoms with Crippen molar-refractivity contribution in [3.8, 4) is 0 Å². The molecule has 0 spiro atoms. The molecule has 1 unspecified atom stereocenters. The maximum absolute atomic E-state index is 10.9. The first kappa shape index (κ1) is 12.8. The fourth-order valence-electron chi connectivity index (χ4n) is 1.88. The number of nitrogens with zero attached hydrogens (tertiary/aromatic N) is 1. The van der Waals surface area contributed by atoms with Gasteiger partial charge in [0.15, 0.2) is 0 Å². The Bertz CT molecular complexity index is 258. The second kappa shape index (κ2) is 6.32. The Morgan fingerprint density at radius 3 is 2.88 bits per heavy atom. The SMILES string of the molecule is CNC(=O)NCCN1CCCC(C(=O)O)C1. The summed E-state index contributed by atoms with van der Waals surface area (Å²) in [6.45, 7) is 2.76. The number of hydrogen-bond acceptors (Lipinski definition) is 3. The van der Waals surface area contributed by atoms with Crippen LogP contribution in [0.1, 0.15) is 12.8 Å². The zero-order valence-corrected chi connectivity index (χ0v) is 9.53. The second-order valence-electron chi connectivity index (χ2n) is 3.98. The molecule has 1 heterocycles. The van der Waals surface area contributed by atoms with Gasteiger partial charge in [-0.2, -0.15) is 0 Å². The number of amides is 2. The molecule has 16 heavy (non-hydrogen) atoms. The van der Waals surface area contributed by atoms with Crippen molar-refractivity contribution < 1.29 is 14.7 Å². The van der Waals surface area contributed by atoms with Gasteiger partial charge in [-0.15, -0.1) is 0 Å². The molecule has 6 heteroatoms. The monoisotopic (exact) mass is 229 g/mol. The van der Waals surface area contributed by atoms with Gasteiger partial charge in [0.05, 0.1) is 5.92 Å². The molecule has 92 valence electrons. The molecule has 1 aliphatic rings. The van der Waals surface area contributed by atoms with E-state index in [1.165, 1.54) is 0 Å². The van der Waals surface area contributed by atoms with Gasteiger partial charge in [0.1, 0.15) is 0 Å². The van der Waals surface area contributed by atoms with Gasteiger partial charge < -0.3 is 20.6 Å². The van der Waals surface area contributed by atoms with E-state index < -0.39 is 5.97 Å². The summed E-state index contributed by atoms with van der Waals surface area (Å²) < 4.78 is 0. The first-order valence-electron chi connectivity index (χ1n) is 5.54. The standard InChI is InChI=1S/C10H19N3O3/c1-11-10(16)12-4-6-13-5-2-3-8(7-13)9(14)15/h8H,2-7H2,1H3,(H,14,15)(H2,11,12,16). The van der Waals surface area contributed by atoms with Crippen molar-refractivity contribution in [1.82, 2.24) is 15.5 Å². The summed E-state index contributed by atoms with van der Waals surface area (Å²) >= 11 is 0. The summed E-state index contributed by atoms with van der Waals surface area (Å²) in [6, 6.07) is -0.202. The molecule has 0 aromatic rings. The van der Waals surface area contributed by atoms with Crippen LogP contribution in [-0.2, 0) is 4.79 Å². The van der Waals surface area contributed by atoms with Crippen molar-refractivity contribution in [2.45, 2.75) is 12.8 Å². The fraction of sp³-hybridized carbons (Fsp3) is 0.800. The molecule has 1 rings (SSSR count). The highest BCUT2D eigenvalue weighted by molar-refractivity contribution is 5.73. The number of carbonyl (C=O) groups excluding carboxylic acids is 1. The topological polar surface area (TPSA) is 81.7 Å². The predicted octanol–water partition coefficient (Wildman–Crippen LogP) is -0.288. The molecular weight excluding hydrogens is 210 g/mol. The summed E-state index contributed by atoms with van der Waals surface area (Å²) in [7, 11) is 1.57. The Morgan fingerprint density at radius 2 is 2.25 bits per heavy atom. The zero-order chi connectivity index (χ0) is 12.0. The third-order valence-electron chi connectivity index (χ3n) is 2.80. The van der Waals surface area contributed by atoms with Crippen LogP contribution in [0, 0.1) is 5.92 Å². The number of nitrogens with one attached hydrogen (secondary N) is 2. The van der Waals surface area contributed by atoms with Gasteiger partial charge in [-0.05, 0) is 19.4 Å². The number of carboxylic acids is 1. The van der Waals surface area contributed by atoms with Crippen molar-refractivity contribution in [2.75, 3.05) is 33.2 Å². The maximum Gasteiger partial charge on any atom is 0.314 e. The van der Waals surface area contributed by atoms with Gasteiger partial charge >= 0.3 is 12.0 Å². The molecule has 1 saturated heterocycles. The quantitative estimate of drug-likeness (QED) is 0.619. The van der Waals surface area contributed by atoms with E-state index in [4.69, 9.17) is 5.11 Å². The van der Waals surface area contributed by atoms with Gasteiger partial charge in [0, 0.05) is 26.7 Å². The van der Waals surface area contributed by atoms with Crippen molar-refractivity contribution in [3.63, 3.8) is 0 Å². The number of rotatable bonds is 4. The number of likely N-dealkylation sites (tertiary alicyclic amines) is 1. The normalized spacial score (nSPS) is 21.4. The second-order valence-corrected chi connectivity index (χ2v) is 3.98. The molecule has 6 nitrogen and oxygen atoms in total. The molecule has 1 atom stereocenters. The molecule has 0 aromatic heterocycles. The van der Waals surface area contributed by atoms with Gasteiger partial charge in [-0.25, -0.2) is 4.79 Å². The van der Waals surface area contributed by atoms with Crippen LogP contribution in [-0.4, -0.2) is 55.2 Å². The van der Waals surface area contributed by atoms with Gasteiger partial charge in [0.2, 0.25) is 0 Å². The van der Waals surface area contributed by atoms with Crippen molar-refractivity contribution in [1.29, 1.82) is 0 Å². The van der Waals surface area contributed by atoms with E-state index >= 15 is 0 Å². The Morgan fingerprint density at radius 1 is 1.50 bits per heavy atom. The van der Waals surface area contributed by atoms with Crippen molar-refractivity contribution in [2.24, 2.45) is 5.92 Å². The lowest BCUT2D eigenvalue weighted by Gasteiger charge is -2.30. The van der Waals surface area contributed by atoms with E-state index in [0.29, 0.717) is 19.6 Å². The molecule has 1 fully saturated rings. The molecule has 0 aliphatic carbocycles. The first-order valence-corrected chi connectivity index (χ1v) is 5.54. The summed E-state index contributed by atoms with van der Waals surface area (Å²) in [5.41, 5.74) is 0. The number of piperidine rings is 1. The Labute approximate surface area is 95.0 Å². The molecular formula is C10H19N3O3. The highest BCUT2D eigenvalue weighted by Gasteiger charge is 2.24. The van der Waals surface area contributed by atoms with E-state index in [1.807, 2.05) is 0 Å². The molecule has 1 aliphatic heterocycles. The summed E-state index contributed by atoms with van der Waals surface area (Å²) in [6.07, 6.45) is 1.67. The largest absolute Gasteiger partial charge is 0.481 e. The maximum atomic E-state index is 10.9. The minimum absolute atomic E-state index is 0.202. The molecule has 3 N–H and O–H groups in total. The third-order valence-corrected chi connectivity index (χ3v) is 2.80. The Kier molecular flexibility index (Phi) is 5.04. The van der Waals surface area contributed by atoms with E-state index in [9.17, 15) is 9.59 Å². The van der Waals surface area contributed by atoms with Crippen LogP contribution < -0.4 is 10.6 Å². The Hall–Kier alpha value is -1.30. The fourth-order valence-corrected chi connectivity index (χ4v) is 1.88. The van der Waals surface area contributed by atoms with Crippen LogP contribution in [0.5, 0.6) is 0 Å². The van der Waals surface area contributed by atoms with Crippen molar-refractivity contribution in [3.05, 3.63) is 0 Å². The van der Waals surface area contributed by atoms with E-state index in [0.717, 1.165) is 19.4 Å². The van der Waals surface area contributed by atoms with Crippen molar-refractivity contribution >= 4 is 12.0 Å². The number of urea groups is 1. The van der Waals surface area contributed by atoms with E-state index in [-0.39, 0.29) is 11.9 Å². The molecule has 0 saturated carbocycles. The van der Waals surface area contributed by atoms with Crippen LogP contribution in [0.3, 0.4) is 0 Å². The average molecular weight is 229 g/mol. The highest BCUT2D eigenvalue weighted by Crippen LogP contribution is 2.15. The lowest BCUT2D eigenvalue weighted by molar-refractivity contribution is -0.143. The molecule has 0 radical (unpaired) electrons. The van der Waals surface area contributed by atoms with Crippen LogP contribution in [0.2, 0.25) is 0 Å². The van der Waals surface area contributed by atoms with Crippen LogP contribution >= 0.6 is 0 Å². The summed E-state index contributed by atoms with van der Waals surface area (Å²) in [5, 5.41) is 14.1. The van der Waals surface area contributed by atoms with E-state index in [2.05, 4.69) is 15.5 Å². The summed E-state index contributed by atoms with van der Waals surface area (Å²) in [4.78, 5) is 23.8. The number of carboxylic acid groups (broad SMARTS) is 1. The highest BCUT2D eigenvalue weighted by atomic mass is 16.4. The van der Waals surface area contributed by atoms with Crippen LogP contribution in [0.15, 0.2) is 0 Å². The minimum atomic E-state index is -0.719. The van der Waals surface area contributed by atoms with Crippen LogP contribution in [0.25, 0.3) is 0 Å². The zero-order valence-electron chi connectivity index (χ0n) is 9.53. The smallest absolute Gasteiger partial charge is 0.314 e. The predicted molar refractivity (Wildman–Crippen MR) is 59.3 cm³/mol. The molecule has 0 bridgehead atoms. The lowest BCUT2D eigenvalue weighted by atomic mass is 9.98. The van der Waals surface area contributed by atoms with Gasteiger partial charge in [0.25, 0.3) is 0 Å². The van der Waals surface area contributed by atoms with E-state index in [1.54, 1.807) is 7.05 Å². The third kappa shape index (κ3) is 4.06.